The van der Waals surface area contributed by atoms with E-state index in [1.807, 2.05) is 30.3 Å². The predicted molar refractivity (Wildman–Crippen MR) is 106 cm³/mol. The molecule has 4 rings (SSSR count). The van der Waals surface area contributed by atoms with Crippen molar-refractivity contribution in [1.82, 2.24) is 10.3 Å². The number of carbonyl (C=O) groups excluding carboxylic acids is 1. The van der Waals surface area contributed by atoms with E-state index < -0.39 is 0 Å². The molecule has 4 nitrogen and oxygen atoms in total. The number of halogens is 1. The highest BCUT2D eigenvalue weighted by Gasteiger charge is 2.23. The van der Waals surface area contributed by atoms with Crippen LogP contribution in [-0.2, 0) is 11.2 Å². The zero-order chi connectivity index (χ0) is 17.9. The minimum Gasteiger partial charge on any atom is -0.493 e. The minimum absolute atomic E-state index is 0.0249. The van der Waals surface area contributed by atoms with E-state index in [9.17, 15) is 4.79 Å². The van der Waals surface area contributed by atoms with Gasteiger partial charge in [-0.2, -0.15) is 0 Å². The number of rotatable bonds is 5. The van der Waals surface area contributed by atoms with Gasteiger partial charge in [0.25, 0.3) is 0 Å². The first-order chi connectivity index (χ1) is 12.7. The molecule has 1 aliphatic heterocycles. The van der Waals surface area contributed by atoms with Gasteiger partial charge < -0.3 is 15.0 Å². The van der Waals surface area contributed by atoms with Crippen molar-refractivity contribution in [2.45, 2.75) is 31.7 Å². The van der Waals surface area contributed by atoms with Crippen molar-refractivity contribution in [3.8, 4) is 5.75 Å². The van der Waals surface area contributed by atoms with Gasteiger partial charge in [0, 0.05) is 40.0 Å². The molecule has 134 valence electrons. The number of amides is 1. The summed E-state index contributed by atoms with van der Waals surface area (Å²) in [5, 5.41) is 4.42. The van der Waals surface area contributed by atoms with Crippen molar-refractivity contribution in [1.29, 1.82) is 0 Å². The SMILES string of the molecule is O=C(CCCc1c[nH]c2ccccc12)NC1CCOc2ccc(Br)cc21. The molecule has 1 atom stereocenters. The van der Waals surface area contributed by atoms with Gasteiger partial charge in [-0.25, -0.2) is 0 Å². The minimum atomic E-state index is 0.0249. The standard InChI is InChI=1S/C21H21BrN2O2/c22-15-8-9-20-17(12-15)19(10-11-26-20)24-21(25)7-3-4-14-13-23-18-6-2-1-5-16(14)18/h1-2,5-6,8-9,12-13,19,23H,3-4,7,10-11H2,(H,24,25). The molecular formula is C21H21BrN2O2. The number of aryl methyl sites for hydroxylation is 1. The van der Waals surface area contributed by atoms with Gasteiger partial charge in [0.1, 0.15) is 5.75 Å². The molecule has 1 aliphatic rings. The third kappa shape index (κ3) is 3.63. The number of aromatic amines is 1. The first-order valence-electron chi connectivity index (χ1n) is 8.97. The van der Waals surface area contributed by atoms with E-state index in [4.69, 9.17) is 4.74 Å². The van der Waals surface area contributed by atoms with Crippen LogP contribution in [0.4, 0.5) is 0 Å². The number of hydrogen-bond acceptors (Lipinski definition) is 2. The molecule has 0 bridgehead atoms. The van der Waals surface area contributed by atoms with Crippen LogP contribution >= 0.6 is 15.9 Å². The Morgan fingerprint density at radius 1 is 1.27 bits per heavy atom. The Morgan fingerprint density at radius 2 is 2.15 bits per heavy atom. The molecule has 0 aliphatic carbocycles. The third-order valence-electron chi connectivity index (χ3n) is 4.87. The maximum Gasteiger partial charge on any atom is 0.220 e. The van der Waals surface area contributed by atoms with E-state index in [0.29, 0.717) is 13.0 Å². The summed E-state index contributed by atoms with van der Waals surface area (Å²) in [6, 6.07) is 14.2. The van der Waals surface area contributed by atoms with Crippen LogP contribution in [0.5, 0.6) is 5.75 Å². The van der Waals surface area contributed by atoms with E-state index in [1.54, 1.807) is 0 Å². The fraction of sp³-hybridized carbons (Fsp3) is 0.286. The zero-order valence-corrected chi connectivity index (χ0v) is 16.0. The number of benzene rings is 2. The smallest absolute Gasteiger partial charge is 0.220 e. The second-order valence-electron chi connectivity index (χ2n) is 6.65. The summed E-state index contributed by atoms with van der Waals surface area (Å²) in [5.74, 6) is 0.964. The van der Waals surface area contributed by atoms with Crippen molar-refractivity contribution < 1.29 is 9.53 Å². The molecular weight excluding hydrogens is 392 g/mol. The van der Waals surface area contributed by atoms with Crippen molar-refractivity contribution in [2.75, 3.05) is 6.61 Å². The van der Waals surface area contributed by atoms with E-state index in [2.05, 4.69) is 44.6 Å². The molecule has 1 amide bonds. The molecule has 26 heavy (non-hydrogen) atoms. The number of H-pyrrole nitrogens is 1. The van der Waals surface area contributed by atoms with Gasteiger partial charge in [-0.1, -0.05) is 34.1 Å². The van der Waals surface area contributed by atoms with E-state index in [-0.39, 0.29) is 11.9 Å². The Hall–Kier alpha value is -2.27. The maximum absolute atomic E-state index is 12.4. The van der Waals surface area contributed by atoms with Gasteiger partial charge in [-0.15, -0.1) is 0 Å². The zero-order valence-electron chi connectivity index (χ0n) is 14.4. The van der Waals surface area contributed by atoms with Gasteiger partial charge >= 0.3 is 0 Å². The fourth-order valence-corrected chi connectivity index (χ4v) is 3.94. The first-order valence-corrected chi connectivity index (χ1v) is 9.76. The molecule has 2 N–H and O–H groups in total. The Balaban J connectivity index is 1.34. The van der Waals surface area contributed by atoms with Crippen molar-refractivity contribution in [3.63, 3.8) is 0 Å². The average molecular weight is 413 g/mol. The number of para-hydroxylation sites is 1. The molecule has 0 fully saturated rings. The van der Waals surface area contributed by atoms with Crippen LogP contribution in [0, 0.1) is 0 Å². The summed E-state index contributed by atoms with van der Waals surface area (Å²) < 4.78 is 6.69. The lowest BCUT2D eigenvalue weighted by atomic mass is 10.00. The average Bonchev–Trinajstić information content (AvgIpc) is 3.06. The molecule has 1 aromatic heterocycles. The van der Waals surface area contributed by atoms with Crippen LogP contribution in [-0.4, -0.2) is 17.5 Å². The molecule has 2 aromatic carbocycles. The molecule has 1 unspecified atom stereocenters. The van der Waals surface area contributed by atoms with Crippen LogP contribution in [0.3, 0.4) is 0 Å². The number of hydrogen-bond donors (Lipinski definition) is 2. The maximum atomic E-state index is 12.4. The third-order valence-corrected chi connectivity index (χ3v) is 5.36. The number of fused-ring (bicyclic) bond motifs is 2. The molecule has 0 spiro atoms. The van der Waals surface area contributed by atoms with E-state index >= 15 is 0 Å². The summed E-state index contributed by atoms with van der Waals surface area (Å²) in [6.07, 6.45) is 5.11. The van der Waals surface area contributed by atoms with E-state index in [1.165, 1.54) is 10.9 Å². The van der Waals surface area contributed by atoms with E-state index in [0.717, 1.165) is 40.6 Å². The van der Waals surface area contributed by atoms with Gasteiger partial charge in [0.2, 0.25) is 5.91 Å². The lowest BCUT2D eigenvalue weighted by Gasteiger charge is -2.27. The largest absolute Gasteiger partial charge is 0.493 e. The van der Waals surface area contributed by atoms with Crippen molar-refractivity contribution in [2.24, 2.45) is 0 Å². The number of nitrogens with one attached hydrogen (secondary N) is 2. The van der Waals surface area contributed by atoms with Gasteiger partial charge in [0.05, 0.1) is 12.6 Å². The molecule has 0 radical (unpaired) electrons. The summed E-state index contributed by atoms with van der Waals surface area (Å²) in [4.78, 5) is 15.7. The first kappa shape index (κ1) is 17.2. The Kier molecular flexibility index (Phi) is 4.98. The van der Waals surface area contributed by atoms with Crippen molar-refractivity contribution in [3.05, 3.63) is 64.3 Å². The Bertz CT molecular complexity index is 935. The predicted octanol–water partition coefficient (Wildman–Crippen LogP) is 4.89. The lowest BCUT2D eigenvalue weighted by Crippen LogP contribution is -2.32. The Labute approximate surface area is 161 Å². The molecule has 0 saturated carbocycles. The van der Waals surface area contributed by atoms with Crippen LogP contribution in [0.15, 0.2) is 53.1 Å². The second kappa shape index (κ2) is 7.54. The molecule has 3 aromatic rings. The Morgan fingerprint density at radius 3 is 3.08 bits per heavy atom. The number of aromatic nitrogens is 1. The lowest BCUT2D eigenvalue weighted by molar-refractivity contribution is -0.122. The van der Waals surface area contributed by atoms with Crippen LogP contribution < -0.4 is 10.1 Å². The highest BCUT2D eigenvalue weighted by molar-refractivity contribution is 9.10. The van der Waals surface area contributed by atoms with Gasteiger partial charge in [-0.3, -0.25) is 4.79 Å². The molecule has 5 heteroatoms. The number of carbonyl (C=O) groups is 1. The highest BCUT2D eigenvalue weighted by Crippen LogP contribution is 2.34. The van der Waals surface area contributed by atoms with Crippen LogP contribution in [0.25, 0.3) is 10.9 Å². The molecule has 2 heterocycles. The normalized spacial score (nSPS) is 16.1. The summed E-state index contributed by atoms with van der Waals surface area (Å²) in [7, 11) is 0. The van der Waals surface area contributed by atoms with Crippen LogP contribution in [0.2, 0.25) is 0 Å². The van der Waals surface area contributed by atoms with Gasteiger partial charge in [-0.05, 0) is 42.7 Å². The quantitative estimate of drug-likeness (QED) is 0.626. The van der Waals surface area contributed by atoms with Gasteiger partial charge in [0.15, 0.2) is 0 Å². The molecule has 0 saturated heterocycles. The summed E-state index contributed by atoms with van der Waals surface area (Å²) >= 11 is 3.50. The second-order valence-corrected chi connectivity index (χ2v) is 7.57. The fourth-order valence-electron chi connectivity index (χ4n) is 3.56. The topological polar surface area (TPSA) is 54.1 Å². The number of ether oxygens (including phenoxy) is 1. The summed E-state index contributed by atoms with van der Waals surface area (Å²) in [6.45, 7) is 0.634. The summed E-state index contributed by atoms with van der Waals surface area (Å²) in [5.41, 5.74) is 3.47. The highest BCUT2D eigenvalue weighted by atomic mass is 79.9. The van der Waals surface area contributed by atoms with Crippen molar-refractivity contribution >= 4 is 32.7 Å². The van der Waals surface area contributed by atoms with Crippen LogP contribution in [0.1, 0.15) is 36.4 Å². The monoisotopic (exact) mass is 412 g/mol.